The van der Waals surface area contributed by atoms with Gasteiger partial charge in [-0.15, -0.1) is 11.3 Å². The summed E-state index contributed by atoms with van der Waals surface area (Å²) in [5.74, 6) is 0.745. The Kier molecular flexibility index (Phi) is 7.12. The van der Waals surface area contributed by atoms with E-state index in [-0.39, 0.29) is 0 Å². The molecule has 0 saturated heterocycles. The average molecular weight is 760 g/mol. The lowest BCUT2D eigenvalue weighted by Gasteiger charge is -2.30. The lowest BCUT2D eigenvalue weighted by atomic mass is 10.00. The number of fused-ring (bicyclic) bond motifs is 9. The summed E-state index contributed by atoms with van der Waals surface area (Å²) in [7, 11) is -2.89. The molecule has 0 aliphatic carbocycles. The third kappa shape index (κ3) is 4.70. The number of thiophene rings is 1. The first-order valence-corrected chi connectivity index (χ1v) is 22.2. The van der Waals surface area contributed by atoms with Gasteiger partial charge in [-0.3, -0.25) is 0 Å². The van der Waals surface area contributed by atoms with E-state index in [1.807, 2.05) is 11.3 Å². The van der Waals surface area contributed by atoms with Crippen LogP contribution in [0, 0.1) is 0 Å². The van der Waals surface area contributed by atoms with Crippen LogP contribution in [0.1, 0.15) is 0 Å². The Balaban J connectivity index is 1.17. The summed E-state index contributed by atoms with van der Waals surface area (Å²) in [6, 6.07) is 73.0. The van der Waals surface area contributed by atoms with Gasteiger partial charge in [0.1, 0.15) is 0 Å². The molecule has 8 aromatic carbocycles. The number of para-hydroxylation sites is 1. The molecule has 0 radical (unpaired) electrons. The maximum atomic E-state index is 5.68. The molecule has 0 spiro atoms. The Morgan fingerprint density at radius 3 is 1.88 bits per heavy atom. The van der Waals surface area contributed by atoms with Crippen molar-refractivity contribution in [3.8, 4) is 39.5 Å². The average Bonchev–Trinajstić information content (AvgIpc) is 3.92. The van der Waals surface area contributed by atoms with Gasteiger partial charge < -0.3 is 4.57 Å². The minimum absolute atomic E-state index is 0.745. The van der Waals surface area contributed by atoms with Crippen molar-refractivity contribution in [3.63, 3.8) is 0 Å². The fourth-order valence-corrected chi connectivity index (χ4v) is 15.6. The normalized spacial score (nSPS) is 13.1. The molecular weight excluding hydrogens is 727 g/mol. The predicted molar refractivity (Wildman–Crippen MR) is 243 cm³/mol. The fourth-order valence-electron chi connectivity index (χ4n) is 9.45. The highest BCUT2D eigenvalue weighted by Crippen LogP contribution is 2.42. The van der Waals surface area contributed by atoms with Gasteiger partial charge in [0.2, 0.25) is 8.07 Å². The lowest BCUT2D eigenvalue weighted by molar-refractivity contribution is 1.17. The molecule has 12 rings (SSSR count). The van der Waals surface area contributed by atoms with Gasteiger partial charge in [-0.25, -0.2) is 9.97 Å². The van der Waals surface area contributed by atoms with E-state index in [0.717, 1.165) is 39.2 Å². The Morgan fingerprint density at radius 2 is 1.09 bits per heavy atom. The molecule has 0 unspecified atom stereocenters. The van der Waals surface area contributed by atoms with Gasteiger partial charge >= 0.3 is 0 Å². The van der Waals surface area contributed by atoms with E-state index in [1.54, 1.807) is 0 Å². The molecule has 0 saturated carbocycles. The van der Waals surface area contributed by atoms with Crippen molar-refractivity contribution in [2.45, 2.75) is 0 Å². The van der Waals surface area contributed by atoms with Crippen molar-refractivity contribution in [1.29, 1.82) is 0 Å². The predicted octanol–water partition coefficient (Wildman–Crippen LogP) is 10.6. The molecular formula is C52H33N3SSi. The lowest BCUT2D eigenvalue weighted by Crippen LogP contribution is -2.73. The summed E-state index contributed by atoms with van der Waals surface area (Å²) in [5.41, 5.74) is 8.88. The van der Waals surface area contributed by atoms with E-state index >= 15 is 0 Å². The smallest absolute Gasteiger partial charge is 0.203 e. The van der Waals surface area contributed by atoms with Gasteiger partial charge in [0.15, 0.2) is 5.82 Å². The van der Waals surface area contributed by atoms with Crippen molar-refractivity contribution >= 4 is 82.3 Å². The van der Waals surface area contributed by atoms with Gasteiger partial charge in [-0.1, -0.05) is 164 Å². The monoisotopic (exact) mass is 759 g/mol. The van der Waals surface area contributed by atoms with Crippen LogP contribution in [-0.2, 0) is 0 Å². The quantitative estimate of drug-likeness (QED) is 0.164. The van der Waals surface area contributed by atoms with E-state index < -0.39 is 8.07 Å². The maximum Gasteiger partial charge on any atom is 0.203 e. The first kappa shape index (κ1) is 32.3. The first-order valence-electron chi connectivity index (χ1n) is 19.4. The Hall–Kier alpha value is -6.92. The molecule has 1 aliphatic heterocycles. The van der Waals surface area contributed by atoms with Crippen LogP contribution in [-0.4, -0.2) is 22.6 Å². The van der Waals surface area contributed by atoms with E-state index in [2.05, 4.69) is 205 Å². The van der Waals surface area contributed by atoms with Crippen molar-refractivity contribution in [2.24, 2.45) is 0 Å². The van der Waals surface area contributed by atoms with Crippen LogP contribution in [0.3, 0.4) is 0 Å². The number of hydrogen-bond donors (Lipinski definition) is 0. The standard InChI is InChI=1S/C52H33N3SSi/c1-4-17-34(18-5-1)51-53-50(49-41-27-12-15-30-48(41)57(52(49)54-51,37-21-6-2-7-22-37)38-23-8-3-9-24-38)35-19-16-20-36(31-35)55-44-28-13-10-25-39(44)42-33-47-43(32-45(42)55)40-26-11-14-29-46(40)56-47/h1-33H. The number of benzene rings is 8. The van der Waals surface area contributed by atoms with Gasteiger partial charge in [0, 0.05) is 53.3 Å². The second-order valence-electron chi connectivity index (χ2n) is 14.9. The van der Waals surface area contributed by atoms with Crippen LogP contribution in [0.15, 0.2) is 200 Å². The molecule has 57 heavy (non-hydrogen) atoms. The molecule has 5 heteroatoms. The minimum Gasteiger partial charge on any atom is -0.309 e. The molecule has 1 aliphatic rings. The molecule has 11 aromatic rings. The van der Waals surface area contributed by atoms with Crippen molar-refractivity contribution in [2.75, 3.05) is 0 Å². The Labute approximate surface area is 334 Å². The van der Waals surface area contributed by atoms with E-state index in [4.69, 9.17) is 9.97 Å². The molecule has 0 amide bonds. The van der Waals surface area contributed by atoms with Gasteiger partial charge in [-0.05, 0) is 57.5 Å². The molecule has 4 heterocycles. The number of hydrogen-bond acceptors (Lipinski definition) is 3. The van der Waals surface area contributed by atoms with Crippen molar-refractivity contribution < 1.29 is 0 Å². The van der Waals surface area contributed by atoms with Crippen LogP contribution in [0.25, 0.3) is 81.4 Å². The Morgan fingerprint density at radius 1 is 0.439 bits per heavy atom. The van der Waals surface area contributed by atoms with Gasteiger partial charge in [0.25, 0.3) is 0 Å². The number of nitrogens with zero attached hydrogens (tertiary/aromatic N) is 3. The van der Waals surface area contributed by atoms with E-state index in [0.29, 0.717) is 0 Å². The number of aromatic nitrogens is 3. The fraction of sp³-hybridized carbons (Fsp3) is 0. The molecule has 0 fully saturated rings. The first-order chi connectivity index (χ1) is 28.3. The molecule has 3 aromatic heterocycles. The molecule has 0 N–H and O–H groups in total. The SMILES string of the molecule is c1ccc(-c2nc(-c3cccc(-n4c5ccccc5c5cc6sc7ccccc7c6cc54)c3)c3c(n2)[Si](c2ccccc2)(c2ccccc2)c2ccccc2-3)cc1. The third-order valence-electron chi connectivity index (χ3n) is 11.9. The Bertz CT molecular complexity index is 3310. The van der Waals surface area contributed by atoms with Crippen LogP contribution < -0.4 is 20.9 Å². The highest BCUT2D eigenvalue weighted by atomic mass is 32.1. The van der Waals surface area contributed by atoms with Crippen molar-refractivity contribution in [3.05, 3.63) is 200 Å². The number of rotatable bonds is 5. The third-order valence-corrected chi connectivity index (χ3v) is 17.7. The second kappa shape index (κ2) is 12.5. The minimum atomic E-state index is -2.89. The van der Waals surface area contributed by atoms with E-state index in [1.165, 1.54) is 63.1 Å². The molecule has 3 nitrogen and oxygen atoms in total. The summed E-state index contributed by atoms with van der Waals surface area (Å²) >= 11 is 1.87. The summed E-state index contributed by atoms with van der Waals surface area (Å²) in [6.07, 6.45) is 0. The molecule has 0 atom stereocenters. The van der Waals surface area contributed by atoms with Crippen LogP contribution in [0.2, 0.25) is 0 Å². The zero-order chi connectivity index (χ0) is 37.5. The maximum absolute atomic E-state index is 5.68. The topological polar surface area (TPSA) is 30.7 Å². The summed E-state index contributed by atoms with van der Waals surface area (Å²) in [4.78, 5) is 11.2. The van der Waals surface area contributed by atoms with Crippen molar-refractivity contribution in [1.82, 2.24) is 14.5 Å². The summed E-state index contributed by atoms with van der Waals surface area (Å²) in [6.45, 7) is 0. The van der Waals surface area contributed by atoms with Gasteiger partial charge in [0.05, 0.1) is 22.0 Å². The second-order valence-corrected chi connectivity index (χ2v) is 19.6. The zero-order valence-electron chi connectivity index (χ0n) is 30.8. The molecule has 0 bridgehead atoms. The highest BCUT2D eigenvalue weighted by Gasteiger charge is 2.51. The van der Waals surface area contributed by atoms with Crippen LogP contribution in [0.5, 0.6) is 0 Å². The van der Waals surface area contributed by atoms with Gasteiger partial charge in [-0.2, -0.15) is 0 Å². The largest absolute Gasteiger partial charge is 0.309 e. The zero-order valence-corrected chi connectivity index (χ0v) is 32.6. The highest BCUT2D eigenvalue weighted by molar-refractivity contribution is 7.26. The van der Waals surface area contributed by atoms with E-state index in [9.17, 15) is 0 Å². The summed E-state index contributed by atoms with van der Waals surface area (Å²) < 4.78 is 5.07. The van der Waals surface area contributed by atoms with Crippen LogP contribution >= 0.6 is 11.3 Å². The summed E-state index contributed by atoms with van der Waals surface area (Å²) in [5, 5.41) is 10.2. The van der Waals surface area contributed by atoms with Crippen LogP contribution in [0.4, 0.5) is 0 Å². The molecule has 266 valence electrons.